The number of ether oxygens (including phenoxy) is 1. The van der Waals surface area contributed by atoms with E-state index in [0.29, 0.717) is 24.3 Å². The maximum Gasteiger partial charge on any atom is 0.321 e. The number of anilines is 2. The number of pyridine rings is 1. The monoisotopic (exact) mass is 487 g/mol. The normalized spacial score (nSPS) is 16.4. The van der Waals surface area contributed by atoms with Crippen molar-refractivity contribution < 1.29 is 18.3 Å². The summed E-state index contributed by atoms with van der Waals surface area (Å²) in [5.74, 6) is -1.13. The first-order valence-corrected chi connectivity index (χ1v) is 11.1. The topological polar surface area (TPSA) is 106 Å². The van der Waals surface area contributed by atoms with Crippen LogP contribution in [-0.4, -0.2) is 35.0 Å². The van der Waals surface area contributed by atoms with Crippen molar-refractivity contribution in [1.82, 2.24) is 9.88 Å². The van der Waals surface area contributed by atoms with Gasteiger partial charge in [-0.2, -0.15) is 0 Å². The summed E-state index contributed by atoms with van der Waals surface area (Å²) in [5, 5.41) is 2.51. The zero-order valence-electron chi connectivity index (χ0n) is 18.4. The highest BCUT2D eigenvalue weighted by molar-refractivity contribution is 6.31. The van der Waals surface area contributed by atoms with Crippen molar-refractivity contribution in [2.24, 2.45) is 5.73 Å². The van der Waals surface area contributed by atoms with E-state index in [2.05, 4.69) is 10.3 Å². The largest absolute Gasteiger partial charge is 0.482 e. The van der Waals surface area contributed by atoms with E-state index in [-0.39, 0.29) is 34.2 Å². The van der Waals surface area contributed by atoms with Gasteiger partial charge in [-0.25, -0.2) is 18.6 Å². The smallest absolute Gasteiger partial charge is 0.321 e. The van der Waals surface area contributed by atoms with Crippen LogP contribution < -0.4 is 21.5 Å². The summed E-state index contributed by atoms with van der Waals surface area (Å²) in [5.41, 5.74) is 13.8. The van der Waals surface area contributed by atoms with Crippen molar-refractivity contribution in [3.05, 3.63) is 70.9 Å². The molecule has 10 heteroatoms. The minimum absolute atomic E-state index is 0.0127. The molecule has 1 fully saturated rings. The van der Waals surface area contributed by atoms with Crippen LogP contribution in [0, 0.1) is 11.6 Å². The molecule has 7 nitrogen and oxygen atoms in total. The van der Waals surface area contributed by atoms with Crippen LogP contribution in [0.15, 0.2) is 48.7 Å². The summed E-state index contributed by atoms with van der Waals surface area (Å²) in [4.78, 5) is 18.2. The summed E-state index contributed by atoms with van der Waals surface area (Å²) in [6, 6.07) is 10.6. The lowest BCUT2D eigenvalue weighted by Gasteiger charge is -2.19. The first-order chi connectivity index (χ1) is 16.2. The number of hydrogen-bond donors (Lipinski definition) is 3. The molecule has 1 saturated heterocycles. The van der Waals surface area contributed by atoms with Crippen LogP contribution >= 0.6 is 11.6 Å². The molecule has 0 aliphatic carbocycles. The fourth-order valence-electron chi connectivity index (χ4n) is 3.79. The standard InChI is InChI=1S/C24H24ClF2N5O2/c1-13(21-18(26)6-7-19(27)22(21)25)34-20-10-15(11-30-23(20)29)14-2-4-17(5-3-14)31-24(33)32-9-8-16(28)12-32/h2-7,10-11,13,16H,8-9,12,28H2,1H3,(H2,29,30)(H,31,33)/t13-,16?/m0/s1. The second kappa shape index (κ2) is 9.82. The van der Waals surface area contributed by atoms with E-state index < -0.39 is 17.7 Å². The molecule has 3 aromatic rings. The van der Waals surface area contributed by atoms with E-state index in [0.717, 1.165) is 24.1 Å². The molecule has 4 rings (SSSR count). The Labute approximate surface area is 200 Å². The van der Waals surface area contributed by atoms with Gasteiger partial charge in [0.1, 0.15) is 17.7 Å². The number of nitrogens with zero attached hydrogens (tertiary/aromatic N) is 2. The quantitative estimate of drug-likeness (QED) is 0.441. The molecule has 0 saturated carbocycles. The minimum Gasteiger partial charge on any atom is -0.482 e. The van der Waals surface area contributed by atoms with Gasteiger partial charge in [0.2, 0.25) is 0 Å². The third-order valence-electron chi connectivity index (χ3n) is 5.65. The van der Waals surface area contributed by atoms with E-state index in [1.54, 1.807) is 36.2 Å². The Morgan fingerprint density at radius 1 is 1.21 bits per heavy atom. The second-order valence-corrected chi connectivity index (χ2v) is 8.50. The van der Waals surface area contributed by atoms with Crippen LogP contribution in [0.1, 0.15) is 25.0 Å². The maximum atomic E-state index is 14.3. The average Bonchev–Trinajstić information content (AvgIpc) is 3.25. The lowest BCUT2D eigenvalue weighted by atomic mass is 10.1. The highest BCUT2D eigenvalue weighted by atomic mass is 35.5. The Bertz CT molecular complexity index is 1210. The molecule has 1 unspecified atom stereocenters. The number of carbonyl (C=O) groups excluding carboxylic acids is 1. The number of carbonyl (C=O) groups is 1. The van der Waals surface area contributed by atoms with Crippen molar-refractivity contribution in [3.63, 3.8) is 0 Å². The van der Waals surface area contributed by atoms with Gasteiger partial charge in [-0.15, -0.1) is 0 Å². The zero-order valence-corrected chi connectivity index (χ0v) is 19.2. The number of hydrogen-bond acceptors (Lipinski definition) is 5. The van der Waals surface area contributed by atoms with Gasteiger partial charge >= 0.3 is 6.03 Å². The molecule has 1 aliphatic heterocycles. The molecule has 2 heterocycles. The summed E-state index contributed by atoms with van der Waals surface area (Å²) < 4.78 is 33.9. The van der Waals surface area contributed by atoms with Gasteiger partial charge in [-0.3, -0.25) is 0 Å². The Hall–Kier alpha value is -3.43. The van der Waals surface area contributed by atoms with E-state index in [4.69, 9.17) is 27.8 Å². The second-order valence-electron chi connectivity index (χ2n) is 8.13. The number of likely N-dealkylation sites (tertiary alicyclic amines) is 1. The molecule has 0 spiro atoms. The Morgan fingerprint density at radius 2 is 1.91 bits per heavy atom. The van der Waals surface area contributed by atoms with Crippen LogP contribution in [0.3, 0.4) is 0 Å². The maximum absolute atomic E-state index is 14.3. The summed E-state index contributed by atoms with van der Waals surface area (Å²) >= 11 is 5.94. The number of nitrogen functional groups attached to an aromatic ring is 1. The predicted molar refractivity (Wildman–Crippen MR) is 128 cm³/mol. The number of nitrogens with one attached hydrogen (secondary N) is 1. The van der Waals surface area contributed by atoms with Crippen molar-refractivity contribution in [3.8, 4) is 16.9 Å². The highest BCUT2D eigenvalue weighted by Gasteiger charge is 2.24. The molecular formula is C24H24ClF2N5O2. The molecule has 0 bridgehead atoms. The molecule has 2 atom stereocenters. The molecule has 178 valence electrons. The number of amides is 2. The predicted octanol–water partition coefficient (Wildman–Crippen LogP) is 4.97. The summed E-state index contributed by atoms with van der Waals surface area (Å²) in [7, 11) is 0. The van der Waals surface area contributed by atoms with Crippen molar-refractivity contribution >= 4 is 29.1 Å². The van der Waals surface area contributed by atoms with Gasteiger partial charge in [0.05, 0.1) is 5.02 Å². The third kappa shape index (κ3) is 5.05. The fraction of sp³-hybridized carbons (Fsp3) is 0.250. The highest BCUT2D eigenvalue weighted by Crippen LogP contribution is 2.35. The van der Waals surface area contributed by atoms with E-state index >= 15 is 0 Å². The number of nitrogens with two attached hydrogens (primary N) is 2. The molecule has 1 aliphatic rings. The average molecular weight is 488 g/mol. The summed E-state index contributed by atoms with van der Waals surface area (Å²) in [6.45, 7) is 2.71. The number of aromatic nitrogens is 1. The first-order valence-electron chi connectivity index (χ1n) is 10.7. The Morgan fingerprint density at radius 3 is 2.59 bits per heavy atom. The molecular weight excluding hydrogens is 464 g/mol. The fourth-order valence-corrected chi connectivity index (χ4v) is 4.10. The molecule has 0 radical (unpaired) electrons. The number of halogens is 3. The lowest BCUT2D eigenvalue weighted by Crippen LogP contribution is -2.35. The lowest BCUT2D eigenvalue weighted by molar-refractivity contribution is 0.221. The molecule has 1 aromatic heterocycles. The van der Waals surface area contributed by atoms with Crippen molar-refractivity contribution in [2.45, 2.75) is 25.5 Å². The molecule has 2 amide bonds. The summed E-state index contributed by atoms with van der Waals surface area (Å²) in [6.07, 6.45) is 1.44. The van der Waals surface area contributed by atoms with Gasteiger partial charge in [-0.1, -0.05) is 23.7 Å². The molecule has 2 aromatic carbocycles. The van der Waals surface area contributed by atoms with Gasteiger partial charge in [0.25, 0.3) is 0 Å². The SMILES string of the molecule is C[C@H](Oc1cc(-c2ccc(NC(=O)N3CCC(N)C3)cc2)cnc1N)c1c(F)ccc(F)c1Cl. The van der Waals surface area contributed by atoms with E-state index in [1.807, 2.05) is 12.1 Å². The number of rotatable bonds is 5. The number of urea groups is 1. The van der Waals surface area contributed by atoms with Gasteiger partial charge in [-0.05, 0) is 49.2 Å². The Balaban J connectivity index is 1.50. The molecule has 5 N–H and O–H groups in total. The van der Waals surface area contributed by atoms with Crippen molar-refractivity contribution in [1.29, 1.82) is 0 Å². The van der Waals surface area contributed by atoms with Crippen molar-refractivity contribution in [2.75, 3.05) is 24.1 Å². The Kier molecular flexibility index (Phi) is 6.85. The van der Waals surface area contributed by atoms with E-state index in [9.17, 15) is 13.6 Å². The molecule has 34 heavy (non-hydrogen) atoms. The third-order valence-corrected chi connectivity index (χ3v) is 6.04. The van der Waals surface area contributed by atoms with Gasteiger partial charge in [0.15, 0.2) is 11.6 Å². The zero-order chi connectivity index (χ0) is 24.4. The van der Waals surface area contributed by atoms with Crippen LogP contribution in [0.5, 0.6) is 5.75 Å². The minimum atomic E-state index is -0.918. The number of benzene rings is 2. The van der Waals surface area contributed by atoms with Crippen LogP contribution in [-0.2, 0) is 0 Å². The first kappa shape index (κ1) is 23.7. The van der Waals surface area contributed by atoms with E-state index in [1.165, 1.54) is 0 Å². The van der Waals surface area contributed by atoms with Crippen LogP contribution in [0.4, 0.5) is 25.1 Å². The van der Waals surface area contributed by atoms with Gasteiger partial charge in [0, 0.05) is 42.1 Å². The van der Waals surface area contributed by atoms with Crippen LogP contribution in [0.2, 0.25) is 5.02 Å². The van der Waals surface area contributed by atoms with Gasteiger partial charge < -0.3 is 26.4 Å². The van der Waals surface area contributed by atoms with Crippen LogP contribution in [0.25, 0.3) is 11.1 Å².